The maximum atomic E-state index is 12.0. The summed E-state index contributed by atoms with van der Waals surface area (Å²) in [6.45, 7) is 3.70. The fraction of sp³-hybridized carbons (Fsp3) is 0.385. The van der Waals surface area contributed by atoms with Gasteiger partial charge >= 0.3 is 5.97 Å². The number of carboxylic acids is 1. The maximum absolute atomic E-state index is 12.0. The van der Waals surface area contributed by atoms with Crippen molar-refractivity contribution in [2.24, 2.45) is 5.92 Å². The van der Waals surface area contributed by atoms with Gasteiger partial charge in [0, 0.05) is 4.47 Å². The highest BCUT2D eigenvalue weighted by Crippen LogP contribution is 2.16. The second kappa shape index (κ2) is 6.54. The van der Waals surface area contributed by atoms with Crippen LogP contribution in [0.1, 0.15) is 30.6 Å². The molecule has 0 aliphatic rings. The van der Waals surface area contributed by atoms with E-state index < -0.39 is 12.0 Å². The van der Waals surface area contributed by atoms with E-state index in [1.807, 2.05) is 6.92 Å². The summed E-state index contributed by atoms with van der Waals surface area (Å²) in [5.74, 6) is -1.51. The summed E-state index contributed by atoms with van der Waals surface area (Å²) >= 11 is 3.27. The van der Waals surface area contributed by atoms with Gasteiger partial charge in [-0.2, -0.15) is 0 Å². The van der Waals surface area contributed by atoms with Crippen molar-refractivity contribution in [2.75, 3.05) is 0 Å². The second-order valence-corrected chi connectivity index (χ2v) is 5.01. The molecule has 0 bridgehead atoms. The third-order valence-electron chi connectivity index (χ3n) is 2.88. The maximum Gasteiger partial charge on any atom is 0.326 e. The number of carbonyl (C=O) groups excluding carboxylic acids is 1. The molecule has 0 aliphatic carbocycles. The van der Waals surface area contributed by atoms with Gasteiger partial charge in [0.1, 0.15) is 6.04 Å². The van der Waals surface area contributed by atoms with Gasteiger partial charge in [0.2, 0.25) is 0 Å². The summed E-state index contributed by atoms with van der Waals surface area (Å²) < 4.78 is 0.649. The standard InChI is InChI=1S/C13H16BrNO3/c1-3-8(2)11(13(17)18)15-12(16)9-6-4-5-7-10(9)14/h4-8,11H,3H2,1-2H3,(H,15,16)(H,17,18). The Hall–Kier alpha value is -1.36. The average molecular weight is 314 g/mol. The quantitative estimate of drug-likeness (QED) is 0.878. The SMILES string of the molecule is CCC(C)C(NC(=O)c1ccccc1Br)C(=O)O. The lowest BCUT2D eigenvalue weighted by Gasteiger charge is -2.20. The molecule has 18 heavy (non-hydrogen) atoms. The Morgan fingerprint density at radius 2 is 2.00 bits per heavy atom. The van der Waals surface area contributed by atoms with Crippen molar-refractivity contribution in [1.82, 2.24) is 5.32 Å². The molecule has 2 unspecified atom stereocenters. The van der Waals surface area contributed by atoms with E-state index in [-0.39, 0.29) is 11.8 Å². The zero-order valence-corrected chi connectivity index (χ0v) is 11.9. The van der Waals surface area contributed by atoms with Crippen LogP contribution in [0.3, 0.4) is 0 Å². The number of carboxylic acid groups (broad SMARTS) is 1. The van der Waals surface area contributed by atoms with Crippen LogP contribution in [0, 0.1) is 5.92 Å². The van der Waals surface area contributed by atoms with Crippen molar-refractivity contribution in [3.05, 3.63) is 34.3 Å². The normalized spacial score (nSPS) is 13.7. The number of rotatable bonds is 5. The van der Waals surface area contributed by atoms with E-state index in [4.69, 9.17) is 5.11 Å². The molecular formula is C13H16BrNO3. The lowest BCUT2D eigenvalue weighted by Crippen LogP contribution is -2.45. The Labute approximate surface area is 115 Å². The molecule has 2 atom stereocenters. The minimum atomic E-state index is -1.01. The van der Waals surface area contributed by atoms with Gasteiger partial charge in [0.05, 0.1) is 5.56 Å². The molecule has 0 aromatic heterocycles. The van der Waals surface area contributed by atoms with Crippen molar-refractivity contribution >= 4 is 27.8 Å². The molecule has 2 N–H and O–H groups in total. The third-order valence-corrected chi connectivity index (χ3v) is 3.58. The minimum absolute atomic E-state index is 0.117. The van der Waals surface area contributed by atoms with Gasteiger partial charge in [-0.3, -0.25) is 4.79 Å². The van der Waals surface area contributed by atoms with Crippen LogP contribution in [-0.4, -0.2) is 23.0 Å². The highest BCUT2D eigenvalue weighted by Gasteiger charge is 2.26. The van der Waals surface area contributed by atoms with Gasteiger partial charge < -0.3 is 10.4 Å². The summed E-state index contributed by atoms with van der Waals surface area (Å²) in [6.07, 6.45) is 0.688. The van der Waals surface area contributed by atoms with Crippen LogP contribution in [-0.2, 0) is 4.79 Å². The summed E-state index contributed by atoms with van der Waals surface area (Å²) in [5, 5.41) is 11.7. The molecule has 0 aliphatic heterocycles. The topological polar surface area (TPSA) is 66.4 Å². The zero-order valence-electron chi connectivity index (χ0n) is 10.3. The van der Waals surface area contributed by atoms with Crippen LogP contribution >= 0.6 is 15.9 Å². The molecule has 1 aromatic carbocycles. The largest absolute Gasteiger partial charge is 0.480 e. The molecule has 4 nitrogen and oxygen atoms in total. The Bertz CT molecular complexity index is 448. The number of amides is 1. The van der Waals surface area contributed by atoms with Crippen molar-refractivity contribution in [3.63, 3.8) is 0 Å². The fourth-order valence-electron chi connectivity index (χ4n) is 1.55. The van der Waals surface area contributed by atoms with Crippen LogP contribution in [0.15, 0.2) is 28.7 Å². The first-order chi connectivity index (χ1) is 8.47. The minimum Gasteiger partial charge on any atom is -0.480 e. The number of carbonyl (C=O) groups is 2. The van der Waals surface area contributed by atoms with E-state index in [9.17, 15) is 9.59 Å². The van der Waals surface area contributed by atoms with Gasteiger partial charge in [-0.25, -0.2) is 4.79 Å². The predicted molar refractivity (Wildman–Crippen MR) is 72.5 cm³/mol. The van der Waals surface area contributed by atoms with Crippen molar-refractivity contribution in [3.8, 4) is 0 Å². The lowest BCUT2D eigenvalue weighted by atomic mass is 9.99. The first-order valence-corrected chi connectivity index (χ1v) is 6.54. The van der Waals surface area contributed by atoms with Gasteiger partial charge in [-0.1, -0.05) is 32.4 Å². The number of halogens is 1. The van der Waals surface area contributed by atoms with E-state index in [0.717, 1.165) is 0 Å². The molecule has 0 saturated carbocycles. The molecule has 0 radical (unpaired) electrons. The summed E-state index contributed by atoms with van der Waals surface area (Å²) in [4.78, 5) is 23.1. The highest BCUT2D eigenvalue weighted by atomic mass is 79.9. The third kappa shape index (κ3) is 3.57. The predicted octanol–water partition coefficient (Wildman–Crippen LogP) is 2.68. The molecule has 0 spiro atoms. The van der Waals surface area contributed by atoms with Gasteiger partial charge in [0.25, 0.3) is 5.91 Å². The second-order valence-electron chi connectivity index (χ2n) is 4.15. The van der Waals surface area contributed by atoms with E-state index in [0.29, 0.717) is 16.5 Å². The molecular weight excluding hydrogens is 298 g/mol. The summed E-state index contributed by atoms with van der Waals surface area (Å²) in [6, 6.07) is 6.06. The van der Waals surface area contributed by atoms with Crippen molar-refractivity contribution in [1.29, 1.82) is 0 Å². The zero-order chi connectivity index (χ0) is 13.7. The summed E-state index contributed by atoms with van der Waals surface area (Å²) in [7, 11) is 0. The van der Waals surface area contributed by atoms with E-state index in [1.165, 1.54) is 0 Å². The number of hydrogen-bond acceptors (Lipinski definition) is 2. The lowest BCUT2D eigenvalue weighted by molar-refractivity contribution is -0.140. The van der Waals surface area contributed by atoms with E-state index in [2.05, 4.69) is 21.2 Å². The van der Waals surface area contributed by atoms with Gasteiger partial charge in [-0.15, -0.1) is 0 Å². The van der Waals surface area contributed by atoms with Crippen LogP contribution in [0.25, 0.3) is 0 Å². The molecule has 0 fully saturated rings. The van der Waals surface area contributed by atoms with Crippen LogP contribution in [0.2, 0.25) is 0 Å². The Balaban J connectivity index is 2.86. The molecule has 1 amide bonds. The van der Waals surface area contributed by atoms with Gasteiger partial charge in [0.15, 0.2) is 0 Å². The van der Waals surface area contributed by atoms with Crippen LogP contribution in [0.4, 0.5) is 0 Å². The molecule has 1 aromatic rings. The molecule has 0 saturated heterocycles. The van der Waals surface area contributed by atoms with Crippen molar-refractivity contribution < 1.29 is 14.7 Å². The van der Waals surface area contributed by atoms with Crippen LogP contribution in [0.5, 0.6) is 0 Å². The Kier molecular flexibility index (Phi) is 5.34. The Morgan fingerprint density at radius 1 is 1.39 bits per heavy atom. The number of benzene rings is 1. The first kappa shape index (κ1) is 14.7. The Morgan fingerprint density at radius 3 is 2.50 bits per heavy atom. The summed E-state index contributed by atoms with van der Waals surface area (Å²) in [5.41, 5.74) is 0.437. The number of hydrogen-bond donors (Lipinski definition) is 2. The van der Waals surface area contributed by atoms with Crippen LogP contribution < -0.4 is 5.32 Å². The van der Waals surface area contributed by atoms with Crippen molar-refractivity contribution in [2.45, 2.75) is 26.3 Å². The monoisotopic (exact) mass is 313 g/mol. The average Bonchev–Trinajstić information content (AvgIpc) is 2.35. The smallest absolute Gasteiger partial charge is 0.326 e. The van der Waals surface area contributed by atoms with E-state index >= 15 is 0 Å². The van der Waals surface area contributed by atoms with Gasteiger partial charge in [-0.05, 0) is 34.0 Å². The number of nitrogens with one attached hydrogen (secondary N) is 1. The molecule has 98 valence electrons. The molecule has 5 heteroatoms. The highest BCUT2D eigenvalue weighted by molar-refractivity contribution is 9.10. The van der Waals surface area contributed by atoms with E-state index in [1.54, 1.807) is 31.2 Å². The number of aliphatic carboxylic acids is 1. The molecule has 1 rings (SSSR count). The molecule has 0 heterocycles. The fourth-order valence-corrected chi connectivity index (χ4v) is 2.01. The first-order valence-electron chi connectivity index (χ1n) is 5.75.